The molecule has 3 amide bonds. The maximum absolute atomic E-state index is 13.3. The van der Waals surface area contributed by atoms with Crippen molar-refractivity contribution < 1.29 is 19.6 Å². The molecule has 4 N–H and O–H groups in total. The maximum Gasteiger partial charge on any atom is 0.247 e. The Morgan fingerprint density at radius 1 is 0.861 bits per heavy atom. The van der Waals surface area contributed by atoms with Crippen LogP contribution in [0.3, 0.4) is 0 Å². The van der Waals surface area contributed by atoms with Crippen LogP contribution >= 0.6 is 0 Å². The normalized spacial score (nSPS) is 12.4. The molecule has 0 fully saturated rings. The van der Waals surface area contributed by atoms with Gasteiger partial charge in [-0.25, -0.2) is 5.48 Å². The summed E-state index contributed by atoms with van der Waals surface area (Å²) in [5, 5.41) is 14.6. The molecule has 36 heavy (non-hydrogen) atoms. The van der Waals surface area contributed by atoms with Gasteiger partial charge in [-0.15, -0.1) is 0 Å². The lowest BCUT2D eigenvalue weighted by Gasteiger charge is -2.23. The van der Waals surface area contributed by atoms with E-state index in [1.54, 1.807) is 23.8 Å². The van der Waals surface area contributed by atoms with Gasteiger partial charge in [-0.1, -0.05) is 74.5 Å². The molecule has 8 heteroatoms. The zero-order chi connectivity index (χ0) is 25.9. The number of carbonyl (C=O) groups is 3. The second-order valence-corrected chi connectivity index (χ2v) is 9.03. The highest BCUT2D eigenvalue weighted by atomic mass is 16.5. The summed E-state index contributed by atoms with van der Waals surface area (Å²) in [5.41, 5.74) is 4.90. The summed E-state index contributed by atoms with van der Waals surface area (Å²) >= 11 is 0. The summed E-state index contributed by atoms with van der Waals surface area (Å²) in [6.07, 6.45) is 1.88. The van der Waals surface area contributed by atoms with Gasteiger partial charge in [-0.3, -0.25) is 24.6 Å². The first-order valence-electron chi connectivity index (χ1n) is 11.9. The van der Waals surface area contributed by atoms with Gasteiger partial charge in [0.25, 0.3) is 0 Å². The smallest absolute Gasteiger partial charge is 0.247 e. The van der Waals surface area contributed by atoms with Crippen molar-refractivity contribution in [3.05, 3.63) is 90.3 Å². The number of carbonyl (C=O) groups excluding carboxylic acids is 3. The van der Waals surface area contributed by atoms with Crippen molar-refractivity contribution >= 4 is 17.7 Å². The van der Waals surface area contributed by atoms with Crippen molar-refractivity contribution in [2.24, 2.45) is 11.8 Å². The standard InChI is InChI=1S/C28H32N4O4/c1-19(2)16-23(17-25(33)32-36)27(34)31-26(28(35)30-18-24-10-6-7-15-29-24)22-13-11-21(12-14-22)20-8-4-3-5-9-20/h3-15,19,23,26,36H,16-18H2,1-2H3,(H,30,35)(H,31,34)(H,32,33)/t23-,26-/m1/s1. The number of nitrogens with zero attached hydrogens (tertiary/aromatic N) is 1. The molecule has 0 unspecified atom stereocenters. The predicted molar refractivity (Wildman–Crippen MR) is 136 cm³/mol. The average Bonchev–Trinajstić information content (AvgIpc) is 2.90. The lowest BCUT2D eigenvalue weighted by molar-refractivity contribution is -0.136. The van der Waals surface area contributed by atoms with E-state index in [-0.39, 0.29) is 18.9 Å². The summed E-state index contributed by atoms with van der Waals surface area (Å²) in [5.74, 6) is -2.05. The highest BCUT2D eigenvalue weighted by Crippen LogP contribution is 2.24. The van der Waals surface area contributed by atoms with Gasteiger partial charge in [0, 0.05) is 18.5 Å². The van der Waals surface area contributed by atoms with Gasteiger partial charge in [0.05, 0.1) is 12.2 Å². The van der Waals surface area contributed by atoms with E-state index in [1.807, 2.05) is 74.5 Å². The first-order valence-corrected chi connectivity index (χ1v) is 11.9. The van der Waals surface area contributed by atoms with Crippen molar-refractivity contribution in [2.75, 3.05) is 0 Å². The minimum Gasteiger partial charge on any atom is -0.348 e. The average molecular weight is 489 g/mol. The number of pyridine rings is 1. The fourth-order valence-corrected chi connectivity index (χ4v) is 3.96. The van der Waals surface area contributed by atoms with Gasteiger partial charge in [0.15, 0.2) is 0 Å². The van der Waals surface area contributed by atoms with Crippen LogP contribution in [-0.2, 0) is 20.9 Å². The fourth-order valence-electron chi connectivity index (χ4n) is 3.96. The van der Waals surface area contributed by atoms with E-state index in [0.717, 1.165) is 11.1 Å². The number of rotatable bonds is 11. The number of aromatic nitrogens is 1. The minimum absolute atomic E-state index is 0.133. The van der Waals surface area contributed by atoms with E-state index in [2.05, 4.69) is 15.6 Å². The zero-order valence-corrected chi connectivity index (χ0v) is 20.5. The summed E-state index contributed by atoms with van der Waals surface area (Å²) in [6, 6.07) is 21.7. The van der Waals surface area contributed by atoms with E-state index < -0.39 is 29.7 Å². The van der Waals surface area contributed by atoms with Crippen LogP contribution < -0.4 is 16.1 Å². The van der Waals surface area contributed by atoms with Crippen molar-refractivity contribution in [2.45, 2.75) is 39.3 Å². The number of amides is 3. The molecule has 0 radical (unpaired) electrons. The topological polar surface area (TPSA) is 120 Å². The maximum atomic E-state index is 13.3. The van der Waals surface area contributed by atoms with Crippen molar-refractivity contribution in [1.29, 1.82) is 0 Å². The summed E-state index contributed by atoms with van der Waals surface area (Å²) in [6.45, 7) is 4.09. The van der Waals surface area contributed by atoms with Crippen LogP contribution in [0.4, 0.5) is 0 Å². The molecule has 0 aliphatic heterocycles. The van der Waals surface area contributed by atoms with Crippen LogP contribution in [0, 0.1) is 11.8 Å². The number of hydroxylamine groups is 1. The van der Waals surface area contributed by atoms with E-state index in [4.69, 9.17) is 5.21 Å². The van der Waals surface area contributed by atoms with Crippen LogP contribution in [-0.4, -0.2) is 27.9 Å². The molecule has 0 bridgehead atoms. The summed E-state index contributed by atoms with van der Waals surface area (Å²) in [4.78, 5) is 42.5. The Hall–Kier alpha value is -4.04. The van der Waals surface area contributed by atoms with Crippen LogP contribution in [0.15, 0.2) is 79.0 Å². The highest BCUT2D eigenvalue weighted by Gasteiger charge is 2.29. The predicted octanol–water partition coefficient (Wildman–Crippen LogP) is 3.78. The van der Waals surface area contributed by atoms with E-state index >= 15 is 0 Å². The Morgan fingerprint density at radius 3 is 2.14 bits per heavy atom. The van der Waals surface area contributed by atoms with E-state index in [9.17, 15) is 14.4 Å². The molecule has 0 spiro atoms. The largest absolute Gasteiger partial charge is 0.348 e. The second-order valence-electron chi connectivity index (χ2n) is 9.03. The van der Waals surface area contributed by atoms with Crippen LogP contribution in [0.1, 0.15) is 44.0 Å². The molecular formula is C28H32N4O4. The Kier molecular flexibility index (Phi) is 9.71. The van der Waals surface area contributed by atoms with Gasteiger partial charge in [-0.05, 0) is 41.2 Å². The molecule has 1 heterocycles. The van der Waals surface area contributed by atoms with Gasteiger partial charge >= 0.3 is 0 Å². The Morgan fingerprint density at radius 2 is 1.53 bits per heavy atom. The molecule has 3 rings (SSSR count). The summed E-state index contributed by atoms with van der Waals surface area (Å²) in [7, 11) is 0. The minimum atomic E-state index is -0.974. The van der Waals surface area contributed by atoms with Crippen LogP contribution in [0.5, 0.6) is 0 Å². The third kappa shape index (κ3) is 7.74. The van der Waals surface area contributed by atoms with Gasteiger partial charge < -0.3 is 10.6 Å². The monoisotopic (exact) mass is 488 g/mol. The SMILES string of the molecule is CC(C)C[C@H](CC(=O)NO)C(=O)N[C@@H](C(=O)NCc1ccccn1)c1ccc(-c2ccccc2)cc1. The molecule has 0 saturated heterocycles. The number of hydrogen-bond acceptors (Lipinski definition) is 5. The molecule has 0 saturated carbocycles. The number of nitrogens with one attached hydrogen (secondary N) is 3. The zero-order valence-electron chi connectivity index (χ0n) is 20.5. The van der Waals surface area contributed by atoms with Crippen molar-refractivity contribution in [1.82, 2.24) is 21.1 Å². The van der Waals surface area contributed by atoms with Gasteiger partial charge in [-0.2, -0.15) is 0 Å². The third-order valence-corrected chi connectivity index (χ3v) is 5.75. The lowest BCUT2D eigenvalue weighted by Crippen LogP contribution is -2.43. The third-order valence-electron chi connectivity index (χ3n) is 5.75. The van der Waals surface area contributed by atoms with Crippen LogP contribution in [0.2, 0.25) is 0 Å². The Balaban J connectivity index is 1.83. The first kappa shape index (κ1) is 26.6. The second kappa shape index (κ2) is 13.2. The van der Waals surface area contributed by atoms with E-state index in [1.165, 1.54) is 0 Å². The van der Waals surface area contributed by atoms with Gasteiger partial charge in [0.2, 0.25) is 17.7 Å². The van der Waals surface area contributed by atoms with Crippen LogP contribution in [0.25, 0.3) is 11.1 Å². The molecule has 0 aliphatic rings. The Bertz CT molecular complexity index is 1140. The highest BCUT2D eigenvalue weighted by molar-refractivity contribution is 5.91. The lowest BCUT2D eigenvalue weighted by atomic mass is 9.92. The first-order chi connectivity index (χ1) is 17.4. The molecule has 3 aromatic rings. The molecule has 1 aromatic heterocycles. The number of benzene rings is 2. The molecule has 0 aliphatic carbocycles. The van der Waals surface area contributed by atoms with E-state index in [0.29, 0.717) is 17.7 Å². The fraction of sp³-hybridized carbons (Fsp3) is 0.286. The summed E-state index contributed by atoms with van der Waals surface area (Å²) < 4.78 is 0. The molecule has 8 nitrogen and oxygen atoms in total. The number of hydrogen-bond donors (Lipinski definition) is 4. The Labute approximate surface area is 211 Å². The quantitative estimate of drug-likeness (QED) is 0.242. The molecule has 2 aromatic carbocycles. The van der Waals surface area contributed by atoms with Gasteiger partial charge in [0.1, 0.15) is 6.04 Å². The van der Waals surface area contributed by atoms with Crippen molar-refractivity contribution in [3.8, 4) is 11.1 Å². The molecule has 2 atom stereocenters. The molecule has 188 valence electrons. The molecular weight excluding hydrogens is 456 g/mol. The van der Waals surface area contributed by atoms with Crippen molar-refractivity contribution in [3.63, 3.8) is 0 Å².